The number of amides is 1. The first-order valence-corrected chi connectivity index (χ1v) is 6.72. The average molecular weight is 270 g/mol. The predicted molar refractivity (Wildman–Crippen MR) is 77.7 cm³/mol. The number of nitrogens with zero attached hydrogens (tertiary/aromatic N) is 3. The van der Waals surface area contributed by atoms with Crippen molar-refractivity contribution in [2.45, 2.75) is 19.4 Å². The number of aromatic nitrogens is 2. The summed E-state index contributed by atoms with van der Waals surface area (Å²) in [5.41, 5.74) is 9.67. The maximum atomic E-state index is 12.8. The van der Waals surface area contributed by atoms with E-state index in [0.717, 1.165) is 23.4 Å². The molecule has 1 aliphatic heterocycles. The highest BCUT2D eigenvalue weighted by atomic mass is 16.2. The van der Waals surface area contributed by atoms with Crippen LogP contribution in [0.1, 0.15) is 21.6 Å². The van der Waals surface area contributed by atoms with E-state index in [0.29, 0.717) is 12.1 Å². The van der Waals surface area contributed by atoms with Crippen LogP contribution in [0.25, 0.3) is 0 Å². The number of hydrogen-bond donors (Lipinski definition) is 1. The van der Waals surface area contributed by atoms with Gasteiger partial charge in [0.15, 0.2) is 0 Å². The summed E-state index contributed by atoms with van der Waals surface area (Å²) >= 11 is 0. The average Bonchev–Trinajstić information content (AvgIpc) is 2.77. The first kappa shape index (κ1) is 12.9. The van der Waals surface area contributed by atoms with Gasteiger partial charge in [-0.1, -0.05) is 18.2 Å². The molecule has 2 aromatic rings. The molecule has 2 heterocycles. The number of para-hydroxylation sites is 1. The Morgan fingerprint density at radius 3 is 2.85 bits per heavy atom. The quantitative estimate of drug-likeness (QED) is 0.848. The molecule has 104 valence electrons. The molecule has 0 saturated heterocycles. The molecule has 3 rings (SSSR count). The van der Waals surface area contributed by atoms with E-state index in [2.05, 4.69) is 5.10 Å². The van der Waals surface area contributed by atoms with Crippen LogP contribution in [-0.4, -0.2) is 28.3 Å². The van der Waals surface area contributed by atoms with Crippen molar-refractivity contribution >= 4 is 11.6 Å². The zero-order valence-electron chi connectivity index (χ0n) is 11.7. The van der Waals surface area contributed by atoms with Crippen LogP contribution in [0.15, 0.2) is 30.5 Å². The molecule has 0 fully saturated rings. The summed E-state index contributed by atoms with van der Waals surface area (Å²) in [4.78, 5) is 14.5. The number of rotatable bonds is 1. The topological polar surface area (TPSA) is 64.2 Å². The lowest BCUT2D eigenvalue weighted by molar-refractivity contribution is 0.0982. The summed E-state index contributed by atoms with van der Waals surface area (Å²) in [6.45, 7) is 2.44. The molecule has 5 nitrogen and oxygen atoms in total. The van der Waals surface area contributed by atoms with E-state index in [1.165, 1.54) is 0 Å². The smallest absolute Gasteiger partial charge is 0.261 e. The van der Waals surface area contributed by atoms with Gasteiger partial charge in [-0.25, -0.2) is 0 Å². The van der Waals surface area contributed by atoms with E-state index in [1.54, 1.807) is 15.8 Å². The number of hydrogen-bond acceptors (Lipinski definition) is 3. The van der Waals surface area contributed by atoms with Gasteiger partial charge in [0.1, 0.15) is 0 Å². The second-order valence-electron chi connectivity index (χ2n) is 5.28. The highest BCUT2D eigenvalue weighted by Gasteiger charge is 2.28. The minimum atomic E-state index is -0.0294. The third-order valence-electron chi connectivity index (χ3n) is 3.89. The van der Waals surface area contributed by atoms with Gasteiger partial charge in [-0.15, -0.1) is 0 Å². The number of carbonyl (C=O) groups excluding carboxylic acids is 1. The number of anilines is 1. The van der Waals surface area contributed by atoms with Crippen LogP contribution < -0.4 is 10.6 Å². The minimum absolute atomic E-state index is 0.0224. The standard InChI is InChI=1S/C15H18N4O/c1-10-13(8-17-18(10)2)15(20)19-9-12(16)7-11-5-3-4-6-14(11)19/h3-6,8,12H,7,9,16H2,1-2H3. The molecule has 5 heteroatoms. The van der Waals surface area contributed by atoms with Crippen LogP contribution in [0.4, 0.5) is 5.69 Å². The number of fused-ring (bicyclic) bond motifs is 1. The largest absolute Gasteiger partial charge is 0.326 e. The van der Waals surface area contributed by atoms with Gasteiger partial charge in [0.25, 0.3) is 5.91 Å². The molecule has 1 aromatic heterocycles. The number of carbonyl (C=O) groups is 1. The van der Waals surface area contributed by atoms with Crippen LogP contribution in [0.3, 0.4) is 0 Å². The van der Waals surface area contributed by atoms with Crippen LogP contribution in [0.5, 0.6) is 0 Å². The van der Waals surface area contributed by atoms with Gasteiger partial charge < -0.3 is 10.6 Å². The number of nitrogens with two attached hydrogens (primary N) is 1. The third-order valence-corrected chi connectivity index (χ3v) is 3.89. The molecule has 0 bridgehead atoms. The molecular weight excluding hydrogens is 252 g/mol. The lowest BCUT2D eigenvalue weighted by Crippen LogP contribution is -2.46. The van der Waals surface area contributed by atoms with E-state index >= 15 is 0 Å². The fourth-order valence-electron chi connectivity index (χ4n) is 2.67. The Morgan fingerprint density at radius 1 is 1.40 bits per heavy atom. The third kappa shape index (κ3) is 2.00. The van der Waals surface area contributed by atoms with Gasteiger partial charge in [0.2, 0.25) is 0 Å². The molecule has 0 saturated carbocycles. The van der Waals surface area contributed by atoms with Crippen molar-refractivity contribution in [1.29, 1.82) is 0 Å². The Bertz CT molecular complexity index is 662. The van der Waals surface area contributed by atoms with E-state index in [1.807, 2.05) is 38.2 Å². The maximum absolute atomic E-state index is 12.8. The summed E-state index contributed by atoms with van der Waals surface area (Å²) in [5.74, 6) is -0.0294. The van der Waals surface area contributed by atoms with Crippen molar-refractivity contribution in [2.24, 2.45) is 12.8 Å². The summed E-state index contributed by atoms with van der Waals surface area (Å²) in [7, 11) is 1.84. The van der Waals surface area contributed by atoms with E-state index in [9.17, 15) is 4.79 Å². The van der Waals surface area contributed by atoms with Crippen LogP contribution in [0, 0.1) is 6.92 Å². The van der Waals surface area contributed by atoms with Crippen molar-refractivity contribution < 1.29 is 4.79 Å². The molecule has 0 radical (unpaired) electrons. The molecule has 2 N–H and O–H groups in total. The van der Waals surface area contributed by atoms with Gasteiger partial charge in [-0.05, 0) is 25.0 Å². The highest BCUT2D eigenvalue weighted by Crippen LogP contribution is 2.28. The van der Waals surface area contributed by atoms with Gasteiger partial charge in [0.05, 0.1) is 11.8 Å². The van der Waals surface area contributed by atoms with Crippen molar-refractivity contribution in [1.82, 2.24) is 9.78 Å². The zero-order valence-corrected chi connectivity index (χ0v) is 11.7. The van der Waals surface area contributed by atoms with Crippen molar-refractivity contribution in [2.75, 3.05) is 11.4 Å². The monoisotopic (exact) mass is 270 g/mol. The number of aryl methyl sites for hydroxylation is 1. The Labute approximate surface area is 118 Å². The Hall–Kier alpha value is -2.14. The lowest BCUT2D eigenvalue weighted by Gasteiger charge is -2.33. The summed E-state index contributed by atoms with van der Waals surface area (Å²) in [6.07, 6.45) is 2.44. The van der Waals surface area contributed by atoms with Crippen LogP contribution in [-0.2, 0) is 13.5 Å². The SMILES string of the molecule is Cc1c(C(=O)N2CC(N)Cc3ccccc32)cnn1C. The predicted octanol–water partition coefficient (Wildman–Crippen LogP) is 1.26. The van der Waals surface area contributed by atoms with Gasteiger partial charge in [-0.3, -0.25) is 9.48 Å². The van der Waals surface area contributed by atoms with Crippen LogP contribution in [0.2, 0.25) is 0 Å². The fourth-order valence-corrected chi connectivity index (χ4v) is 2.67. The van der Waals surface area contributed by atoms with Crippen molar-refractivity contribution in [3.05, 3.63) is 47.3 Å². The minimum Gasteiger partial charge on any atom is -0.326 e. The fraction of sp³-hybridized carbons (Fsp3) is 0.333. The second kappa shape index (κ2) is 4.76. The molecule has 0 aliphatic carbocycles. The summed E-state index contributed by atoms with van der Waals surface area (Å²) in [5, 5.41) is 4.14. The molecule has 1 aromatic carbocycles. The van der Waals surface area contributed by atoms with Crippen LogP contribution >= 0.6 is 0 Å². The maximum Gasteiger partial charge on any atom is 0.261 e. The van der Waals surface area contributed by atoms with Gasteiger partial charge >= 0.3 is 0 Å². The highest BCUT2D eigenvalue weighted by molar-refractivity contribution is 6.07. The first-order chi connectivity index (χ1) is 9.58. The second-order valence-corrected chi connectivity index (χ2v) is 5.28. The van der Waals surface area contributed by atoms with E-state index in [4.69, 9.17) is 5.73 Å². The molecule has 20 heavy (non-hydrogen) atoms. The molecule has 1 atom stereocenters. The molecule has 1 unspecified atom stereocenters. The Balaban J connectivity index is 2.02. The molecule has 1 aliphatic rings. The zero-order chi connectivity index (χ0) is 14.3. The van der Waals surface area contributed by atoms with E-state index < -0.39 is 0 Å². The first-order valence-electron chi connectivity index (χ1n) is 6.72. The summed E-state index contributed by atoms with van der Waals surface area (Å²) < 4.78 is 1.71. The number of benzene rings is 1. The van der Waals surface area contributed by atoms with E-state index in [-0.39, 0.29) is 11.9 Å². The lowest BCUT2D eigenvalue weighted by atomic mass is 9.98. The summed E-state index contributed by atoms with van der Waals surface area (Å²) in [6, 6.07) is 7.92. The Morgan fingerprint density at radius 2 is 2.15 bits per heavy atom. The molecule has 0 spiro atoms. The van der Waals surface area contributed by atoms with Gasteiger partial charge in [0, 0.05) is 31.0 Å². The Kier molecular flexibility index (Phi) is 3.06. The van der Waals surface area contributed by atoms with Crippen molar-refractivity contribution in [3.63, 3.8) is 0 Å². The normalized spacial score (nSPS) is 17.9. The molecule has 1 amide bonds. The van der Waals surface area contributed by atoms with Crippen molar-refractivity contribution in [3.8, 4) is 0 Å². The van der Waals surface area contributed by atoms with Gasteiger partial charge in [-0.2, -0.15) is 5.10 Å². The molecular formula is C15H18N4O.